The molecule has 2 unspecified atom stereocenters. The van der Waals surface area contributed by atoms with Crippen molar-refractivity contribution in [3.8, 4) is 0 Å². The van der Waals surface area contributed by atoms with E-state index < -0.39 is 11.9 Å². The average Bonchev–Trinajstić information content (AvgIpc) is 3.21. The van der Waals surface area contributed by atoms with Crippen LogP contribution in [0.5, 0.6) is 0 Å². The lowest BCUT2D eigenvalue weighted by Crippen LogP contribution is -2.48. The molecule has 1 aliphatic rings. The first-order valence-corrected chi connectivity index (χ1v) is 11.8. The summed E-state index contributed by atoms with van der Waals surface area (Å²) in [7, 11) is 1.62. The van der Waals surface area contributed by atoms with Gasteiger partial charge in [-0.25, -0.2) is 4.39 Å². The summed E-state index contributed by atoms with van der Waals surface area (Å²) in [5.41, 5.74) is 2.55. The van der Waals surface area contributed by atoms with Crippen molar-refractivity contribution < 1.29 is 18.7 Å². The van der Waals surface area contributed by atoms with Gasteiger partial charge in [-0.2, -0.15) is 0 Å². The average molecular weight is 459 g/mol. The predicted molar refractivity (Wildman–Crippen MR) is 126 cm³/mol. The summed E-state index contributed by atoms with van der Waals surface area (Å²) in [5.74, 6) is -0.372. The summed E-state index contributed by atoms with van der Waals surface area (Å²) < 4.78 is 18.4. The molecule has 2 aromatic carbocycles. The van der Waals surface area contributed by atoms with Gasteiger partial charge >= 0.3 is 0 Å². The number of hydrogen-bond acceptors (Lipinski definition) is 4. The van der Waals surface area contributed by atoms with Gasteiger partial charge in [0.05, 0.1) is 0 Å². The van der Waals surface area contributed by atoms with Crippen LogP contribution in [0.4, 0.5) is 4.39 Å². The van der Waals surface area contributed by atoms with Crippen molar-refractivity contribution in [2.75, 3.05) is 26.0 Å². The molecule has 1 fully saturated rings. The maximum absolute atomic E-state index is 13.4. The molecule has 0 aliphatic carbocycles. The Morgan fingerprint density at radius 1 is 1.12 bits per heavy atom. The third-order valence-corrected chi connectivity index (χ3v) is 6.84. The molecule has 0 aromatic heterocycles. The van der Waals surface area contributed by atoms with E-state index in [0.29, 0.717) is 30.9 Å². The van der Waals surface area contributed by atoms with Crippen molar-refractivity contribution in [2.45, 2.75) is 44.0 Å². The number of carbonyl (C=O) groups excluding carboxylic acids is 2. The van der Waals surface area contributed by atoms with Crippen LogP contribution in [0.2, 0.25) is 0 Å². The molecular weight excluding hydrogens is 427 g/mol. The number of methoxy groups -OCH3 is 1. The molecule has 0 saturated carbocycles. The van der Waals surface area contributed by atoms with Gasteiger partial charge in [0, 0.05) is 31.6 Å². The van der Waals surface area contributed by atoms with Crippen LogP contribution in [0.25, 0.3) is 0 Å². The molecule has 2 amide bonds. The summed E-state index contributed by atoms with van der Waals surface area (Å²) in [4.78, 5) is 28.0. The molecule has 7 heteroatoms. The molecule has 2 atom stereocenters. The number of thioether (sulfide) groups is 1. The molecule has 2 aromatic rings. The van der Waals surface area contributed by atoms with Crippen molar-refractivity contribution in [3.63, 3.8) is 0 Å². The third kappa shape index (κ3) is 5.70. The van der Waals surface area contributed by atoms with Gasteiger partial charge in [-0.3, -0.25) is 9.59 Å². The summed E-state index contributed by atoms with van der Waals surface area (Å²) in [6, 6.07) is 13.1. The molecule has 3 rings (SSSR count). The summed E-state index contributed by atoms with van der Waals surface area (Å²) in [6.45, 7) is 7.50. The number of halogens is 1. The second-order valence-electron chi connectivity index (χ2n) is 8.93. The van der Waals surface area contributed by atoms with Crippen LogP contribution in [0.1, 0.15) is 54.1 Å². The van der Waals surface area contributed by atoms with Gasteiger partial charge in [-0.1, -0.05) is 45.0 Å². The highest BCUT2D eigenvalue weighted by Crippen LogP contribution is 2.42. The van der Waals surface area contributed by atoms with Crippen LogP contribution >= 0.6 is 11.8 Å². The summed E-state index contributed by atoms with van der Waals surface area (Å²) >= 11 is 1.57. The zero-order valence-corrected chi connectivity index (χ0v) is 19.9. The second-order valence-corrected chi connectivity index (χ2v) is 10.0. The lowest BCUT2D eigenvalue weighted by molar-refractivity contribution is -0.124. The highest BCUT2D eigenvalue weighted by Gasteiger charge is 2.42. The van der Waals surface area contributed by atoms with Crippen LogP contribution in [0.15, 0.2) is 48.5 Å². The molecule has 172 valence electrons. The zero-order valence-electron chi connectivity index (χ0n) is 19.1. The Hall–Kier alpha value is -2.38. The first kappa shape index (κ1) is 24.3. The van der Waals surface area contributed by atoms with Crippen molar-refractivity contribution in [1.82, 2.24) is 10.2 Å². The highest BCUT2D eigenvalue weighted by molar-refractivity contribution is 7.99. The monoisotopic (exact) mass is 458 g/mol. The quantitative estimate of drug-likeness (QED) is 0.620. The van der Waals surface area contributed by atoms with Gasteiger partial charge in [0.2, 0.25) is 5.91 Å². The molecule has 1 aliphatic heterocycles. The number of nitrogens with zero attached hydrogens (tertiary/aromatic N) is 1. The SMILES string of the molecule is COCCCNC(=O)C1CSC(c2ccc(C(C)(C)C)cc2)N1C(=O)c1ccc(F)cc1. The minimum Gasteiger partial charge on any atom is -0.385 e. The number of ether oxygens (including phenoxy) is 1. The Bertz CT molecular complexity index is 926. The Morgan fingerprint density at radius 3 is 2.38 bits per heavy atom. The first-order chi connectivity index (χ1) is 15.2. The molecular formula is C25H31FN2O3S. The standard InChI is InChI=1S/C25H31FN2O3S/c1-25(2,3)19-10-6-18(7-11-19)24-28(23(30)17-8-12-20(26)13-9-17)21(16-32-24)22(29)27-14-5-15-31-4/h6-13,21,24H,5,14-16H2,1-4H3,(H,27,29). The van der Waals surface area contributed by atoms with Crippen LogP contribution in [-0.2, 0) is 14.9 Å². The number of hydrogen-bond donors (Lipinski definition) is 1. The first-order valence-electron chi connectivity index (χ1n) is 10.8. The lowest BCUT2D eigenvalue weighted by Gasteiger charge is -2.29. The van der Waals surface area contributed by atoms with Crippen molar-refractivity contribution >= 4 is 23.6 Å². The molecule has 1 heterocycles. The fraction of sp³-hybridized carbons (Fsp3) is 0.440. The maximum Gasteiger partial charge on any atom is 0.255 e. The van der Waals surface area contributed by atoms with Crippen molar-refractivity contribution in [1.29, 1.82) is 0 Å². The lowest BCUT2D eigenvalue weighted by atomic mass is 9.86. The Labute approximate surface area is 193 Å². The molecule has 0 bridgehead atoms. The molecule has 1 N–H and O–H groups in total. The number of rotatable bonds is 7. The second kappa shape index (κ2) is 10.5. The minimum atomic E-state index is -0.604. The zero-order chi connectivity index (χ0) is 23.3. The Kier molecular flexibility index (Phi) is 7.96. The van der Waals surface area contributed by atoms with E-state index in [-0.39, 0.29) is 22.6 Å². The van der Waals surface area contributed by atoms with E-state index in [2.05, 4.69) is 38.2 Å². The Morgan fingerprint density at radius 2 is 1.78 bits per heavy atom. The van der Waals surface area contributed by atoms with E-state index in [9.17, 15) is 14.0 Å². The molecule has 32 heavy (non-hydrogen) atoms. The normalized spacial score (nSPS) is 18.6. The molecule has 0 radical (unpaired) electrons. The van der Waals surface area contributed by atoms with E-state index in [4.69, 9.17) is 4.74 Å². The van der Waals surface area contributed by atoms with Crippen LogP contribution in [-0.4, -0.2) is 48.8 Å². The third-order valence-electron chi connectivity index (χ3n) is 5.52. The molecule has 1 saturated heterocycles. The highest BCUT2D eigenvalue weighted by atomic mass is 32.2. The van der Waals surface area contributed by atoms with Crippen molar-refractivity contribution in [2.24, 2.45) is 0 Å². The fourth-order valence-corrected chi connectivity index (χ4v) is 5.08. The Balaban J connectivity index is 1.87. The minimum absolute atomic E-state index is 0.0234. The number of benzene rings is 2. The van der Waals surface area contributed by atoms with Gasteiger partial charge in [0.1, 0.15) is 17.2 Å². The van der Waals surface area contributed by atoms with Gasteiger partial charge in [-0.05, 0) is 47.2 Å². The summed E-state index contributed by atoms with van der Waals surface area (Å²) in [6.07, 6.45) is 0.700. The number of carbonyl (C=O) groups is 2. The van der Waals surface area contributed by atoms with Crippen molar-refractivity contribution in [3.05, 3.63) is 71.0 Å². The maximum atomic E-state index is 13.4. The van der Waals surface area contributed by atoms with E-state index in [1.165, 1.54) is 29.8 Å². The molecule has 0 spiro atoms. The fourth-order valence-electron chi connectivity index (χ4n) is 3.65. The van der Waals surface area contributed by atoms with Gasteiger partial charge in [-0.15, -0.1) is 11.8 Å². The number of nitrogens with one attached hydrogen (secondary N) is 1. The number of amides is 2. The van der Waals surface area contributed by atoms with E-state index in [1.807, 2.05) is 12.1 Å². The summed E-state index contributed by atoms with van der Waals surface area (Å²) in [5, 5.41) is 2.62. The van der Waals surface area contributed by atoms with Crippen LogP contribution in [0, 0.1) is 5.82 Å². The molecule has 5 nitrogen and oxygen atoms in total. The van der Waals surface area contributed by atoms with Gasteiger partial charge in [0.15, 0.2) is 0 Å². The largest absolute Gasteiger partial charge is 0.385 e. The van der Waals surface area contributed by atoms with E-state index >= 15 is 0 Å². The van der Waals surface area contributed by atoms with E-state index in [0.717, 1.165) is 5.56 Å². The van der Waals surface area contributed by atoms with Crippen LogP contribution < -0.4 is 5.32 Å². The van der Waals surface area contributed by atoms with Gasteiger partial charge < -0.3 is 15.0 Å². The topological polar surface area (TPSA) is 58.6 Å². The predicted octanol–water partition coefficient (Wildman–Crippen LogP) is 4.53. The smallest absolute Gasteiger partial charge is 0.255 e. The van der Waals surface area contributed by atoms with Crippen LogP contribution in [0.3, 0.4) is 0 Å². The van der Waals surface area contributed by atoms with E-state index in [1.54, 1.807) is 23.8 Å². The van der Waals surface area contributed by atoms with Gasteiger partial charge in [0.25, 0.3) is 5.91 Å².